The largest absolute Gasteiger partial charge is 0.338 e. The van der Waals surface area contributed by atoms with Gasteiger partial charge in [0, 0.05) is 23.9 Å². The molecule has 0 radical (unpaired) electrons. The second-order valence-electron chi connectivity index (χ2n) is 6.31. The summed E-state index contributed by atoms with van der Waals surface area (Å²) >= 11 is 1.70. The fourth-order valence-corrected chi connectivity index (χ4v) is 3.54. The van der Waals surface area contributed by atoms with Crippen molar-refractivity contribution in [3.63, 3.8) is 0 Å². The summed E-state index contributed by atoms with van der Waals surface area (Å²) in [4.78, 5) is 12.6. The third-order valence-corrected chi connectivity index (χ3v) is 5.17. The SMILES string of the molecule is Cc1ncsc1CN(Cc1ccccc1)Cc1nc(C2CC2)no1. The quantitative estimate of drug-likeness (QED) is 0.652. The van der Waals surface area contributed by atoms with Crippen LogP contribution in [0.3, 0.4) is 0 Å². The number of aromatic nitrogens is 3. The van der Waals surface area contributed by atoms with Gasteiger partial charge in [-0.15, -0.1) is 11.3 Å². The number of thiazole rings is 1. The van der Waals surface area contributed by atoms with Gasteiger partial charge in [-0.3, -0.25) is 4.90 Å². The minimum atomic E-state index is 0.522. The van der Waals surface area contributed by atoms with Gasteiger partial charge in [0.2, 0.25) is 5.89 Å². The second kappa shape index (κ2) is 6.83. The van der Waals surface area contributed by atoms with E-state index in [4.69, 9.17) is 4.52 Å². The third kappa shape index (κ3) is 3.71. The summed E-state index contributed by atoms with van der Waals surface area (Å²) in [6, 6.07) is 10.5. The van der Waals surface area contributed by atoms with Crippen molar-refractivity contribution < 1.29 is 4.52 Å². The molecular weight excluding hydrogens is 320 g/mol. The average molecular weight is 340 g/mol. The van der Waals surface area contributed by atoms with Crippen LogP contribution in [0.2, 0.25) is 0 Å². The Morgan fingerprint density at radius 2 is 2.00 bits per heavy atom. The maximum atomic E-state index is 5.47. The average Bonchev–Trinajstić information content (AvgIpc) is 3.22. The molecule has 0 atom stereocenters. The number of hydrogen-bond acceptors (Lipinski definition) is 6. The van der Waals surface area contributed by atoms with Gasteiger partial charge in [0.05, 0.1) is 17.7 Å². The van der Waals surface area contributed by atoms with Gasteiger partial charge >= 0.3 is 0 Å². The number of rotatable bonds is 7. The lowest BCUT2D eigenvalue weighted by molar-refractivity contribution is 0.212. The zero-order valence-electron chi connectivity index (χ0n) is 13.7. The highest BCUT2D eigenvalue weighted by Crippen LogP contribution is 2.38. The number of hydrogen-bond donors (Lipinski definition) is 0. The van der Waals surface area contributed by atoms with Crippen LogP contribution in [0.15, 0.2) is 40.4 Å². The van der Waals surface area contributed by atoms with Gasteiger partial charge in [0.15, 0.2) is 5.82 Å². The summed E-state index contributed by atoms with van der Waals surface area (Å²) in [7, 11) is 0. The molecule has 6 heteroatoms. The zero-order chi connectivity index (χ0) is 16.4. The molecule has 2 aromatic heterocycles. The van der Waals surface area contributed by atoms with E-state index in [0.29, 0.717) is 18.4 Å². The van der Waals surface area contributed by atoms with Gasteiger partial charge in [-0.2, -0.15) is 4.98 Å². The summed E-state index contributed by atoms with van der Waals surface area (Å²) in [5, 5.41) is 4.13. The topological polar surface area (TPSA) is 55.1 Å². The molecular formula is C18H20N4OS. The molecule has 1 fully saturated rings. The smallest absolute Gasteiger partial charge is 0.240 e. The Morgan fingerprint density at radius 1 is 1.17 bits per heavy atom. The van der Waals surface area contributed by atoms with Crippen LogP contribution in [0.5, 0.6) is 0 Å². The maximum Gasteiger partial charge on any atom is 0.240 e. The monoisotopic (exact) mass is 340 g/mol. The van der Waals surface area contributed by atoms with Crippen LogP contribution in [-0.2, 0) is 19.6 Å². The van der Waals surface area contributed by atoms with Crippen LogP contribution in [-0.4, -0.2) is 20.0 Å². The highest BCUT2D eigenvalue weighted by molar-refractivity contribution is 7.09. The number of nitrogens with zero attached hydrogens (tertiary/aromatic N) is 4. The fourth-order valence-electron chi connectivity index (χ4n) is 2.72. The van der Waals surface area contributed by atoms with E-state index in [2.05, 4.69) is 51.2 Å². The molecule has 124 valence electrons. The molecule has 0 amide bonds. The van der Waals surface area contributed by atoms with Crippen LogP contribution in [0.4, 0.5) is 0 Å². The van der Waals surface area contributed by atoms with Gasteiger partial charge in [-0.1, -0.05) is 35.5 Å². The van der Waals surface area contributed by atoms with E-state index in [1.54, 1.807) is 11.3 Å². The molecule has 3 aromatic rings. The molecule has 1 aliphatic carbocycles. The Bertz CT molecular complexity index is 794. The predicted molar refractivity (Wildman–Crippen MR) is 92.5 cm³/mol. The summed E-state index contributed by atoms with van der Waals surface area (Å²) in [5.41, 5.74) is 4.28. The van der Waals surface area contributed by atoms with Crippen molar-refractivity contribution in [3.8, 4) is 0 Å². The lowest BCUT2D eigenvalue weighted by Crippen LogP contribution is -2.22. The van der Waals surface area contributed by atoms with Crippen molar-refractivity contribution in [1.82, 2.24) is 20.0 Å². The van der Waals surface area contributed by atoms with Crippen molar-refractivity contribution in [3.05, 3.63) is 63.7 Å². The summed E-state index contributed by atoms with van der Waals surface area (Å²) < 4.78 is 5.47. The van der Waals surface area contributed by atoms with E-state index >= 15 is 0 Å². The Morgan fingerprint density at radius 3 is 2.71 bits per heavy atom. The lowest BCUT2D eigenvalue weighted by atomic mass is 10.2. The summed E-state index contributed by atoms with van der Waals surface area (Å²) in [6.45, 7) is 4.40. The summed E-state index contributed by atoms with van der Waals surface area (Å²) in [5.74, 6) is 2.10. The predicted octanol–water partition coefficient (Wildman–Crippen LogP) is 3.91. The number of benzene rings is 1. The molecule has 2 heterocycles. The molecule has 0 spiro atoms. The van der Waals surface area contributed by atoms with Gasteiger partial charge in [-0.25, -0.2) is 4.98 Å². The Hall–Kier alpha value is -2.05. The molecule has 1 saturated carbocycles. The van der Waals surface area contributed by atoms with Crippen LogP contribution >= 0.6 is 11.3 Å². The molecule has 4 rings (SSSR count). The van der Waals surface area contributed by atoms with E-state index in [1.165, 1.54) is 23.3 Å². The van der Waals surface area contributed by atoms with Crippen molar-refractivity contribution in [2.24, 2.45) is 0 Å². The van der Waals surface area contributed by atoms with Crippen molar-refractivity contribution in [2.45, 2.75) is 45.3 Å². The molecule has 1 aliphatic rings. The lowest BCUT2D eigenvalue weighted by Gasteiger charge is -2.20. The summed E-state index contributed by atoms with van der Waals surface area (Å²) in [6.07, 6.45) is 2.37. The first-order valence-electron chi connectivity index (χ1n) is 8.25. The molecule has 0 unspecified atom stereocenters. The van der Waals surface area contributed by atoms with Gasteiger partial charge in [-0.05, 0) is 25.3 Å². The van der Waals surface area contributed by atoms with Crippen molar-refractivity contribution >= 4 is 11.3 Å². The third-order valence-electron chi connectivity index (χ3n) is 4.25. The number of aryl methyl sites for hydroxylation is 1. The fraction of sp³-hybridized carbons (Fsp3) is 0.389. The van der Waals surface area contributed by atoms with E-state index in [1.807, 2.05) is 11.6 Å². The van der Waals surface area contributed by atoms with Gasteiger partial charge < -0.3 is 4.52 Å². The molecule has 5 nitrogen and oxygen atoms in total. The minimum absolute atomic E-state index is 0.522. The first kappa shape index (κ1) is 15.5. The normalized spacial score (nSPS) is 14.4. The van der Waals surface area contributed by atoms with E-state index < -0.39 is 0 Å². The standard InChI is InChI=1S/C18H20N4OS/c1-13-16(24-12-19-13)10-22(9-14-5-3-2-4-6-14)11-17-20-18(21-23-17)15-7-8-15/h2-6,12,15H,7-11H2,1H3. The highest BCUT2D eigenvalue weighted by atomic mass is 32.1. The van der Waals surface area contributed by atoms with Crippen LogP contribution in [0.25, 0.3) is 0 Å². The molecule has 1 aromatic carbocycles. The van der Waals surface area contributed by atoms with Crippen LogP contribution < -0.4 is 0 Å². The molecule has 0 saturated heterocycles. The maximum absolute atomic E-state index is 5.47. The van der Waals surface area contributed by atoms with E-state index in [0.717, 1.165) is 24.6 Å². The second-order valence-corrected chi connectivity index (χ2v) is 7.25. The zero-order valence-corrected chi connectivity index (χ0v) is 14.5. The molecule has 0 N–H and O–H groups in total. The van der Waals surface area contributed by atoms with Gasteiger partial charge in [0.1, 0.15) is 0 Å². The van der Waals surface area contributed by atoms with Crippen LogP contribution in [0, 0.1) is 6.92 Å². The molecule has 0 bridgehead atoms. The van der Waals surface area contributed by atoms with Crippen molar-refractivity contribution in [2.75, 3.05) is 0 Å². The first-order chi connectivity index (χ1) is 11.8. The Kier molecular flexibility index (Phi) is 4.40. The first-order valence-corrected chi connectivity index (χ1v) is 9.13. The van der Waals surface area contributed by atoms with E-state index in [-0.39, 0.29) is 0 Å². The minimum Gasteiger partial charge on any atom is -0.338 e. The van der Waals surface area contributed by atoms with Crippen molar-refractivity contribution in [1.29, 1.82) is 0 Å². The Labute approximate surface area is 145 Å². The highest BCUT2D eigenvalue weighted by Gasteiger charge is 2.29. The van der Waals surface area contributed by atoms with E-state index in [9.17, 15) is 0 Å². The van der Waals surface area contributed by atoms with Crippen LogP contribution in [0.1, 0.15) is 46.6 Å². The molecule has 0 aliphatic heterocycles. The Balaban J connectivity index is 1.50. The van der Waals surface area contributed by atoms with Gasteiger partial charge in [0.25, 0.3) is 0 Å². The molecule has 24 heavy (non-hydrogen) atoms.